The van der Waals surface area contributed by atoms with Crippen molar-refractivity contribution in [1.29, 1.82) is 0 Å². The minimum atomic E-state index is -0.181. The summed E-state index contributed by atoms with van der Waals surface area (Å²) in [4.78, 5) is 16.7. The van der Waals surface area contributed by atoms with Crippen molar-refractivity contribution in [3.63, 3.8) is 0 Å². The zero-order valence-electron chi connectivity index (χ0n) is 11.3. The normalized spacial score (nSPS) is 16.7. The van der Waals surface area contributed by atoms with Crippen LogP contribution in [-0.4, -0.2) is 36.7 Å². The molecule has 0 atom stereocenters. The lowest BCUT2D eigenvalue weighted by atomic mass is 9.80. The summed E-state index contributed by atoms with van der Waals surface area (Å²) in [5.74, 6) is 0.0982. The van der Waals surface area contributed by atoms with Gasteiger partial charge >= 0.3 is 0 Å². The average molecular weight is 284 g/mol. The number of hydrogen-bond donors (Lipinski definition) is 3. The lowest BCUT2D eigenvalue weighted by Gasteiger charge is -2.40. The molecule has 1 aromatic heterocycles. The van der Waals surface area contributed by atoms with Gasteiger partial charge in [-0.1, -0.05) is 11.3 Å². The molecule has 0 spiro atoms. The quantitative estimate of drug-likeness (QED) is 0.736. The molecule has 0 unspecified atom stereocenters. The molecule has 1 aromatic rings. The summed E-state index contributed by atoms with van der Waals surface area (Å²) in [6.07, 6.45) is 3.13. The number of nitrogens with two attached hydrogens (primary N) is 1. The van der Waals surface area contributed by atoms with Gasteiger partial charge in [-0.15, -0.1) is 0 Å². The van der Waals surface area contributed by atoms with Crippen LogP contribution in [0.3, 0.4) is 0 Å². The number of carbonyl (C=O) groups is 1. The van der Waals surface area contributed by atoms with E-state index in [0.29, 0.717) is 16.6 Å². The number of carbonyl (C=O) groups excluding carboxylic acids is 1. The monoisotopic (exact) mass is 284 g/mol. The van der Waals surface area contributed by atoms with Crippen LogP contribution in [0.25, 0.3) is 0 Å². The first-order valence-corrected chi connectivity index (χ1v) is 7.25. The van der Waals surface area contributed by atoms with E-state index >= 15 is 0 Å². The van der Waals surface area contributed by atoms with Crippen molar-refractivity contribution >= 4 is 28.2 Å². The smallest absolute Gasteiger partial charge is 0.265 e. The third kappa shape index (κ3) is 2.98. The standard InChI is InChI=1S/C12H20N4O2S/c1-3-14-11-16-9(13)8(19-11)10(17)15-7-12(18-2)5-4-6-12/h3-7,13H2,1-2H3,(H,14,16)(H,15,17). The molecule has 1 fully saturated rings. The zero-order chi connectivity index (χ0) is 13.9. The molecule has 1 heterocycles. The molecule has 0 aromatic carbocycles. The first-order valence-electron chi connectivity index (χ1n) is 6.44. The fraction of sp³-hybridized carbons (Fsp3) is 0.667. The van der Waals surface area contributed by atoms with Crippen molar-refractivity contribution in [1.82, 2.24) is 10.3 Å². The highest BCUT2D eigenvalue weighted by atomic mass is 32.1. The Bertz CT molecular complexity index is 451. The number of aromatic nitrogens is 1. The van der Waals surface area contributed by atoms with Crippen LogP contribution in [0.4, 0.5) is 10.9 Å². The van der Waals surface area contributed by atoms with Gasteiger partial charge < -0.3 is 21.1 Å². The third-order valence-electron chi connectivity index (χ3n) is 3.46. The Morgan fingerprint density at radius 2 is 2.32 bits per heavy atom. The van der Waals surface area contributed by atoms with Crippen molar-refractivity contribution in [3.05, 3.63) is 4.88 Å². The van der Waals surface area contributed by atoms with Crippen molar-refractivity contribution in [2.45, 2.75) is 31.8 Å². The van der Waals surface area contributed by atoms with E-state index in [0.717, 1.165) is 25.8 Å². The summed E-state index contributed by atoms with van der Waals surface area (Å²) in [6, 6.07) is 0. The van der Waals surface area contributed by atoms with E-state index < -0.39 is 0 Å². The lowest BCUT2D eigenvalue weighted by Crippen LogP contribution is -2.49. The van der Waals surface area contributed by atoms with Crippen molar-refractivity contribution in [2.75, 3.05) is 31.2 Å². The van der Waals surface area contributed by atoms with E-state index in [1.807, 2.05) is 6.92 Å². The number of anilines is 2. The molecule has 4 N–H and O–H groups in total. The molecule has 1 saturated carbocycles. The highest BCUT2D eigenvalue weighted by Crippen LogP contribution is 2.34. The molecule has 1 aliphatic carbocycles. The van der Waals surface area contributed by atoms with E-state index in [4.69, 9.17) is 10.5 Å². The molecule has 0 saturated heterocycles. The minimum Gasteiger partial charge on any atom is -0.382 e. The van der Waals surface area contributed by atoms with Gasteiger partial charge in [-0.05, 0) is 26.2 Å². The third-order valence-corrected chi connectivity index (χ3v) is 4.48. The van der Waals surface area contributed by atoms with Crippen molar-refractivity contribution in [2.24, 2.45) is 0 Å². The summed E-state index contributed by atoms with van der Waals surface area (Å²) < 4.78 is 5.46. The van der Waals surface area contributed by atoms with Crippen LogP contribution in [0.1, 0.15) is 35.9 Å². The minimum absolute atomic E-state index is 0.178. The zero-order valence-corrected chi connectivity index (χ0v) is 12.1. The molecular formula is C12H20N4O2S. The van der Waals surface area contributed by atoms with Crippen LogP contribution in [0.5, 0.6) is 0 Å². The average Bonchev–Trinajstić information content (AvgIpc) is 2.70. The van der Waals surface area contributed by atoms with Crippen LogP contribution < -0.4 is 16.4 Å². The van der Waals surface area contributed by atoms with E-state index in [1.165, 1.54) is 11.3 Å². The van der Waals surface area contributed by atoms with Crippen molar-refractivity contribution < 1.29 is 9.53 Å². The molecule has 106 valence electrons. The van der Waals surface area contributed by atoms with Crippen molar-refractivity contribution in [3.8, 4) is 0 Å². The Balaban J connectivity index is 1.96. The molecule has 0 radical (unpaired) electrons. The fourth-order valence-corrected chi connectivity index (χ4v) is 2.94. The van der Waals surface area contributed by atoms with Gasteiger partial charge in [-0.25, -0.2) is 4.98 Å². The predicted octanol–water partition coefficient (Wildman–Crippen LogP) is 1.46. The number of hydrogen-bond acceptors (Lipinski definition) is 6. The Kier molecular flexibility index (Phi) is 4.26. The molecule has 1 amide bonds. The van der Waals surface area contributed by atoms with Crippen LogP contribution >= 0.6 is 11.3 Å². The molecule has 6 nitrogen and oxygen atoms in total. The number of nitrogens with one attached hydrogen (secondary N) is 2. The van der Waals surface area contributed by atoms with Gasteiger partial charge in [-0.2, -0.15) is 0 Å². The van der Waals surface area contributed by atoms with Gasteiger partial charge in [0, 0.05) is 20.2 Å². The highest BCUT2D eigenvalue weighted by molar-refractivity contribution is 7.18. The number of amides is 1. The molecule has 1 aliphatic rings. The van der Waals surface area contributed by atoms with Gasteiger partial charge in [0.25, 0.3) is 5.91 Å². The maximum Gasteiger partial charge on any atom is 0.265 e. The molecule has 0 aliphatic heterocycles. The number of nitrogen functional groups attached to an aromatic ring is 1. The van der Waals surface area contributed by atoms with Gasteiger partial charge in [0.15, 0.2) is 5.13 Å². The SMILES string of the molecule is CCNc1nc(N)c(C(=O)NCC2(OC)CCC2)s1. The molecular weight excluding hydrogens is 264 g/mol. The van der Waals surface area contributed by atoms with Crippen LogP contribution in [0.15, 0.2) is 0 Å². The van der Waals surface area contributed by atoms with Crippen LogP contribution in [0.2, 0.25) is 0 Å². The Morgan fingerprint density at radius 3 is 2.84 bits per heavy atom. The topological polar surface area (TPSA) is 89.3 Å². The summed E-state index contributed by atoms with van der Waals surface area (Å²) >= 11 is 1.28. The summed E-state index contributed by atoms with van der Waals surface area (Å²) in [7, 11) is 1.69. The Hall–Kier alpha value is -1.34. The first-order chi connectivity index (χ1) is 9.10. The number of nitrogens with zero attached hydrogens (tertiary/aromatic N) is 1. The van der Waals surface area contributed by atoms with Gasteiger partial charge in [0.1, 0.15) is 10.7 Å². The summed E-state index contributed by atoms with van der Waals surface area (Å²) in [6.45, 7) is 3.24. The first kappa shape index (κ1) is 14.1. The maximum absolute atomic E-state index is 12.1. The molecule has 7 heteroatoms. The highest BCUT2D eigenvalue weighted by Gasteiger charge is 2.37. The van der Waals surface area contributed by atoms with E-state index in [1.54, 1.807) is 7.11 Å². The lowest BCUT2D eigenvalue weighted by molar-refractivity contribution is -0.0679. The molecule has 2 rings (SSSR count). The molecule has 0 bridgehead atoms. The second-order valence-corrected chi connectivity index (χ2v) is 5.69. The fourth-order valence-electron chi connectivity index (χ4n) is 2.07. The molecule has 19 heavy (non-hydrogen) atoms. The van der Waals surface area contributed by atoms with E-state index in [2.05, 4.69) is 15.6 Å². The second kappa shape index (κ2) is 5.75. The van der Waals surface area contributed by atoms with Gasteiger partial charge in [0.2, 0.25) is 0 Å². The maximum atomic E-state index is 12.1. The van der Waals surface area contributed by atoms with E-state index in [-0.39, 0.29) is 17.3 Å². The Morgan fingerprint density at radius 1 is 1.58 bits per heavy atom. The number of ether oxygens (including phenoxy) is 1. The van der Waals surface area contributed by atoms with Gasteiger partial charge in [-0.3, -0.25) is 4.79 Å². The number of thiazole rings is 1. The largest absolute Gasteiger partial charge is 0.382 e. The van der Waals surface area contributed by atoms with E-state index in [9.17, 15) is 4.79 Å². The Labute approximate surface area is 116 Å². The second-order valence-electron chi connectivity index (χ2n) is 4.69. The van der Waals surface area contributed by atoms with Crippen LogP contribution in [0, 0.1) is 0 Å². The number of methoxy groups -OCH3 is 1. The number of rotatable bonds is 6. The summed E-state index contributed by atoms with van der Waals surface area (Å²) in [5.41, 5.74) is 5.58. The predicted molar refractivity (Wildman–Crippen MR) is 76.6 cm³/mol. The van der Waals surface area contributed by atoms with Crippen LogP contribution in [-0.2, 0) is 4.74 Å². The van der Waals surface area contributed by atoms with Gasteiger partial charge in [0.05, 0.1) is 5.60 Å². The summed E-state index contributed by atoms with van der Waals surface area (Å²) in [5, 5.41) is 6.62.